The zero-order chi connectivity index (χ0) is 12.8. The fourth-order valence-electron chi connectivity index (χ4n) is 1.31. The lowest BCUT2D eigenvalue weighted by Gasteiger charge is -2.08. The summed E-state index contributed by atoms with van der Waals surface area (Å²) < 4.78 is 6.56. The number of rotatable bonds is 6. The zero-order valence-corrected chi connectivity index (χ0v) is 9.93. The number of carbonyl (C=O) groups is 1. The monoisotopic (exact) mass is 241 g/mol. The summed E-state index contributed by atoms with van der Waals surface area (Å²) in [4.78, 5) is 15.4. The highest BCUT2D eigenvalue weighted by atomic mass is 16.5. The van der Waals surface area contributed by atoms with Gasteiger partial charge >= 0.3 is 5.97 Å². The van der Waals surface area contributed by atoms with Crippen LogP contribution in [0.5, 0.6) is 5.88 Å². The fourth-order valence-corrected chi connectivity index (χ4v) is 1.31. The summed E-state index contributed by atoms with van der Waals surface area (Å²) in [6, 6.07) is -0.648. The van der Waals surface area contributed by atoms with E-state index in [2.05, 4.69) is 4.98 Å². The molecule has 96 valence electrons. The van der Waals surface area contributed by atoms with E-state index in [-0.39, 0.29) is 11.8 Å². The Morgan fingerprint density at radius 2 is 2.29 bits per heavy atom. The standard InChI is InChI=1S/C10H19N5O2/c1-15-6-8(14-10(15)13)17-9(16)7(12)4-2-3-5-11/h6-7H,2-5,11-12H2,1H3,(H2,13,14)/t7-/m0/s1. The fraction of sp³-hybridized carbons (Fsp3) is 0.600. The molecule has 6 N–H and O–H groups in total. The number of carbonyl (C=O) groups excluding carboxylic acids is 1. The molecule has 1 heterocycles. The highest BCUT2D eigenvalue weighted by Crippen LogP contribution is 2.12. The third kappa shape index (κ3) is 4.04. The van der Waals surface area contributed by atoms with Crippen LogP contribution in [-0.2, 0) is 11.8 Å². The first-order valence-electron chi connectivity index (χ1n) is 5.50. The number of hydrogen-bond acceptors (Lipinski definition) is 6. The van der Waals surface area contributed by atoms with Crippen LogP contribution in [0, 0.1) is 0 Å². The van der Waals surface area contributed by atoms with E-state index in [0.29, 0.717) is 13.0 Å². The van der Waals surface area contributed by atoms with Gasteiger partial charge in [0, 0.05) is 7.05 Å². The topological polar surface area (TPSA) is 122 Å². The molecule has 7 heteroatoms. The number of nitrogen functional groups attached to an aromatic ring is 1. The van der Waals surface area contributed by atoms with Crippen molar-refractivity contribution in [2.45, 2.75) is 25.3 Å². The molecule has 1 atom stereocenters. The van der Waals surface area contributed by atoms with Crippen LogP contribution in [-0.4, -0.2) is 28.1 Å². The Labute approximate surface area is 99.9 Å². The lowest BCUT2D eigenvalue weighted by atomic mass is 10.1. The first kappa shape index (κ1) is 13.5. The van der Waals surface area contributed by atoms with Crippen molar-refractivity contribution in [3.63, 3.8) is 0 Å². The van der Waals surface area contributed by atoms with E-state index >= 15 is 0 Å². The Hall–Kier alpha value is -1.60. The minimum atomic E-state index is -0.648. The van der Waals surface area contributed by atoms with E-state index in [1.54, 1.807) is 11.6 Å². The Kier molecular flexibility index (Phi) is 4.92. The summed E-state index contributed by atoms with van der Waals surface area (Å²) in [7, 11) is 1.71. The summed E-state index contributed by atoms with van der Waals surface area (Å²) in [5, 5.41) is 0. The summed E-state index contributed by atoms with van der Waals surface area (Å²) >= 11 is 0. The van der Waals surface area contributed by atoms with Crippen molar-refractivity contribution in [1.82, 2.24) is 9.55 Å². The average Bonchev–Trinajstić information content (AvgIpc) is 2.58. The number of ether oxygens (including phenoxy) is 1. The lowest BCUT2D eigenvalue weighted by molar-refractivity contribution is -0.136. The molecule has 0 saturated heterocycles. The van der Waals surface area contributed by atoms with Crippen molar-refractivity contribution >= 4 is 11.9 Å². The van der Waals surface area contributed by atoms with Crippen LogP contribution in [0.25, 0.3) is 0 Å². The van der Waals surface area contributed by atoms with Gasteiger partial charge in [-0.15, -0.1) is 0 Å². The van der Waals surface area contributed by atoms with Gasteiger partial charge in [0.15, 0.2) is 0 Å². The van der Waals surface area contributed by atoms with Crippen LogP contribution in [0.3, 0.4) is 0 Å². The van der Waals surface area contributed by atoms with E-state index in [1.807, 2.05) is 0 Å². The first-order chi connectivity index (χ1) is 8.04. The van der Waals surface area contributed by atoms with Gasteiger partial charge in [0.1, 0.15) is 6.04 Å². The van der Waals surface area contributed by atoms with Crippen molar-refractivity contribution in [2.24, 2.45) is 18.5 Å². The smallest absolute Gasteiger partial charge is 0.329 e. The van der Waals surface area contributed by atoms with Crippen LogP contribution in [0.15, 0.2) is 6.20 Å². The van der Waals surface area contributed by atoms with Gasteiger partial charge < -0.3 is 26.5 Å². The van der Waals surface area contributed by atoms with Crippen molar-refractivity contribution in [3.05, 3.63) is 6.20 Å². The molecule has 0 aliphatic heterocycles. The lowest BCUT2D eigenvalue weighted by Crippen LogP contribution is -2.34. The number of nitrogens with zero attached hydrogens (tertiary/aromatic N) is 2. The van der Waals surface area contributed by atoms with Crippen LogP contribution in [0.4, 0.5) is 5.95 Å². The summed E-state index contributed by atoms with van der Waals surface area (Å²) in [6.45, 7) is 0.596. The van der Waals surface area contributed by atoms with Crippen LogP contribution < -0.4 is 21.9 Å². The predicted molar refractivity (Wildman–Crippen MR) is 64.1 cm³/mol. The number of hydrogen-bond donors (Lipinski definition) is 3. The molecular weight excluding hydrogens is 222 g/mol. The van der Waals surface area contributed by atoms with Gasteiger partial charge in [0.05, 0.1) is 6.20 Å². The van der Waals surface area contributed by atoms with E-state index in [1.165, 1.54) is 6.20 Å². The molecule has 1 aromatic heterocycles. The molecule has 1 rings (SSSR count). The van der Waals surface area contributed by atoms with E-state index < -0.39 is 12.0 Å². The maximum atomic E-state index is 11.6. The highest BCUT2D eigenvalue weighted by Gasteiger charge is 2.17. The normalized spacial score (nSPS) is 12.4. The van der Waals surface area contributed by atoms with Gasteiger partial charge in [-0.3, -0.25) is 0 Å². The second kappa shape index (κ2) is 6.21. The van der Waals surface area contributed by atoms with Crippen LogP contribution in [0.2, 0.25) is 0 Å². The Morgan fingerprint density at radius 1 is 1.59 bits per heavy atom. The Balaban J connectivity index is 2.42. The molecule has 0 amide bonds. The second-order valence-electron chi connectivity index (χ2n) is 3.86. The largest absolute Gasteiger partial charge is 0.405 e. The number of anilines is 1. The van der Waals surface area contributed by atoms with Crippen LogP contribution >= 0.6 is 0 Å². The number of unbranched alkanes of at least 4 members (excludes halogenated alkanes) is 1. The molecule has 0 spiro atoms. The summed E-state index contributed by atoms with van der Waals surface area (Å²) in [6.07, 6.45) is 3.73. The van der Waals surface area contributed by atoms with Gasteiger partial charge in [-0.25, -0.2) is 4.79 Å². The highest BCUT2D eigenvalue weighted by molar-refractivity contribution is 5.77. The van der Waals surface area contributed by atoms with Crippen molar-refractivity contribution in [1.29, 1.82) is 0 Å². The number of esters is 1. The molecule has 0 saturated carbocycles. The third-order valence-corrected chi connectivity index (χ3v) is 2.37. The Bertz CT molecular complexity index is 357. The zero-order valence-electron chi connectivity index (χ0n) is 9.93. The molecule has 0 unspecified atom stereocenters. The molecular formula is C10H19N5O2. The first-order valence-corrected chi connectivity index (χ1v) is 5.50. The number of aromatic nitrogens is 2. The molecule has 0 radical (unpaired) electrons. The van der Waals surface area contributed by atoms with Gasteiger partial charge in [-0.1, -0.05) is 6.42 Å². The molecule has 0 aliphatic carbocycles. The van der Waals surface area contributed by atoms with Gasteiger partial charge in [0.25, 0.3) is 0 Å². The SMILES string of the molecule is Cn1cc(OC(=O)[C@@H](N)CCCCN)nc1N. The molecule has 0 fully saturated rings. The van der Waals surface area contributed by atoms with Gasteiger partial charge in [-0.05, 0) is 19.4 Å². The summed E-state index contributed by atoms with van der Waals surface area (Å²) in [5.41, 5.74) is 16.5. The third-order valence-electron chi connectivity index (χ3n) is 2.37. The number of aryl methyl sites for hydroxylation is 1. The number of nitrogens with two attached hydrogens (primary N) is 3. The molecule has 7 nitrogen and oxygen atoms in total. The van der Waals surface area contributed by atoms with Crippen molar-refractivity contribution in [3.8, 4) is 5.88 Å². The van der Waals surface area contributed by atoms with E-state index in [4.69, 9.17) is 21.9 Å². The van der Waals surface area contributed by atoms with Gasteiger partial charge in [-0.2, -0.15) is 4.98 Å². The Morgan fingerprint density at radius 3 is 2.82 bits per heavy atom. The molecule has 0 bridgehead atoms. The minimum absolute atomic E-state index is 0.171. The minimum Gasteiger partial charge on any atom is -0.405 e. The van der Waals surface area contributed by atoms with Crippen molar-refractivity contribution in [2.75, 3.05) is 12.3 Å². The maximum absolute atomic E-state index is 11.6. The molecule has 0 aromatic carbocycles. The van der Waals surface area contributed by atoms with Gasteiger partial charge in [0.2, 0.25) is 11.8 Å². The average molecular weight is 241 g/mol. The second-order valence-corrected chi connectivity index (χ2v) is 3.86. The maximum Gasteiger partial charge on any atom is 0.329 e. The molecule has 0 aliphatic rings. The number of imidazole rings is 1. The van der Waals surface area contributed by atoms with Crippen LogP contribution in [0.1, 0.15) is 19.3 Å². The van der Waals surface area contributed by atoms with E-state index in [0.717, 1.165) is 12.8 Å². The molecule has 1 aromatic rings. The summed E-state index contributed by atoms with van der Waals surface area (Å²) in [5.74, 6) is -0.0473. The molecule has 17 heavy (non-hydrogen) atoms. The van der Waals surface area contributed by atoms with Crippen molar-refractivity contribution < 1.29 is 9.53 Å². The quantitative estimate of drug-likeness (QED) is 0.450. The van der Waals surface area contributed by atoms with E-state index in [9.17, 15) is 4.79 Å². The predicted octanol–water partition coefficient (Wildman–Crippen LogP) is -0.636.